The summed E-state index contributed by atoms with van der Waals surface area (Å²) in [4.78, 5) is 0. The Morgan fingerprint density at radius 1 is 1.42 bits per heavy atom. The lowest BCUT2D eigenvalue weighted by Gasteiger charge is -2.01. The molecule has 1 rings (SSSR count). The van der Waals surface area contributed by atoms with Crippen LogP contribution >= 0.6 is 0 Å². The fraction of sp³-hybridized carbons (Fsp3) is 0.500. The van der Waals surface area contributed by atoms with E-state index in [0.717, 1.165) is 6.42 Å². The highest BCUT2D eigenvalue weighted by Gasteiger charge is 1.95. The molecule has 0 aliphatic carbocycles. The van der Waals surface area contributed by atoms with E-state index in [9.17, 15) is 0 Å². The van der Waals surface area contributed by atoms with Crippen LogP contribution in [0.25, 0.3) is 0 Å². The lowest BCUT2D eigenvalue weighted by molar-refractivity contribution is 0.271. The van der Waals surface area contributed by atoms with Crippen LogP contribution in [0.5, 0.6) is 5.88 Å². The van der Waals surface area contributed by atoms with Gasteiger partial charge in [-0.2, -0.15) is 0 Å². The second-order valence-electron chi connectivity index (χ2n) is 2.37. The number of aliphatic hydroxyl groups excluding tert-OH is 1. The molecule has 0 spiro atoms. The second-order valence-corrected chi connectivity index (χ2v) is 2.37. The number of aliphatic hydroxyl groups is 1. The quantitative estimate of drug-likeness (QED) is 0.721. The third-order valence-corrected chi connectivity index (χ3v) is 1.31. The van der Waals surface area contributed by atoms with Gasteiger partial charge >= 0.3 is 0 Å². The van der Waals surface area contributed by atoms with Crippen LogP contribution in [0.1, 0.15) is 19.0 Å². The van der Waals surface area contributed by atoms with Gasteiger partial charge in [0.1, 0.15) is 0 Å². The Morgan fingerprint density at radius 2 is 2.25 bits per heavy atom. The minimum Gasteiger partial charge on any atom is -0.477 e. The SMILES string of the molecule is CCCOc1ccc(CO)nn1. The molecule has 12 heavy (non-hydrogen) atoms. The molecule has 1 heterocycles. The summed E-state index contributed by atoms with van der Waals surface area (Å²) in [6, 6.07) is 3.40. The zero-order valence-electron chi connectivity index (χ0n) is 7.03. The van der Waals surface area contributed by atoms with Crippen LogP contribution in [-0.2, 0) is 6.61 Å². The van der Waals surface area contributed by atoms with E-state index in [4.69, 9.17) is 9.84 Å². The van der Waals surface area contributed by atoms with E-state index in [2.05, 4.69) is 10.2 Å². The first kappa shape index (κ1) is 8.93. The highest BCUT2D eigenvalue weighted by atomic mass is 16.5. The molecule has 0 unspecified atom stereocenters. The summed E-state index contributed by atoms with van der Waals surface area (Å²) in [5.41, 5.74) is 0.554. The van der Waals surface area contributed by atoms with Crippen molar-refractivity contribution in [1.29, 1.82) is 0 Å². The molecule has 0 radical (unpaired) electrons. The molecule has 0 aliphatic heterocycles. The molecule has 0 aromatic carbocycles. The summed E-state index contributed by atoms with van der Waals surface area (Å²) >= 11 is 0. The highest BCUT2D eigenvalue weighted by molar-refractivity contribution is 5.10. The fourth-order valence-electron chi connectivity index (χ4n) is 0.716. The average molecular weight is 168 g/mol. The van der Waals surface area contributed by atoms with E-state index < -0.39 is 0 Å². The Hall–Kier alpha value is -1.16. The molecular weight excluding hydrogens is 156 g/mol. The molecule has 0 saturated carbocycles. The summed E-state index contributed by atoms with van der Waals surface area (Å²) in [6.45, 7) is 2.59. The number of ether oxygens (including phenoxy) is 1. The van der Waals surface area contributed by atoms with E-state index in [-0.39, 0.29) is 6.61 Å². The Labute approximate surface area is 71.2 Å². The predicted octanol–water partition coefficient (Wildman–Crippen LogP) is 0.758. The first-order chi connectivity index (χ1) is 5.86. The number of aromatic nitrogens is 2. The first-order valence-corrected chi connectivity index (χ1v) is 3.93. The average Bonchev–Trinajstić information content (AvgIpc) is 2.15. The van der Waals surface area contributed by atoms with Gasteiger partial charge in [0, 0.05) is 6.07 Å². The molecule has 0 atom stereocenters. The van der Waals surface area contributed by atoms with Crippen LogP contribution in [0.4, 0.5) is 0 Å². The molecular formula is C8H12N2O2. The van der Waals surface area contributed by atoms with Gasteiger partial charge in [0.05, 0.1) is 18.9 Å². The van der Waals surface area contributed by atoms with E-state index in [0.29, 0.717) is 18.2 Å². The molecule has 4 heteroatoms. The van der Waals surface area contributed by atoms with E-state index >= 15 is 0 Å². The molecule has 1 N–H and O–H groups in total. The zero-order valence-corrected chi connectivity index (χ0v) is 7.03. The van der Waals surface area contributed by atoms with Crippen molar-refractivity contribution >= 4 is 0 Å². The molecule has 1 aromatic heterocycles. The number of hydrogen-bond acceptors (Lipinski definition) is 4. The smallest absolute Gasteiger partial charge is 0.233 e. The van der Waals surface area contributed by atoms with Gasteiger partial charge < -0.3 is 9.84 Å². The van der Waals surface area contributed by atoms with Crippen molar-refractivity contribution in [3.05, 3.63) is 17.8 Å². The molecule has 0 fully saturated rings. The van der Waals surface area contributed by atoms with Crippen LogP contribution in [0.2, 0.25) is 0 Å². The van der Waals surface area contributed by atoms with Crippen molar-refractivity contribution in [2.45, 2.75) is 20.0 Å². The second kappa shape index (κ2) is 4.66. The molecule has 1 aromatic rings. The Balaban J connectivity index is 2.53. The van der Waals surface area contributed by atoms with Gasteiger partial charge in [-0.15, -0.1) is 10.2 Å². The summed E-state index contributed by atoms with van der Waals surface area (Å²) < 4.78 is 5.20. The summed E-state index contributed by atoms with van der Waals surface area (Å²) in [7, 11) is 0. The lowest BCUT2D eigenvalue weighted by atomic mass is 10.4. The van der Waals surface area contributed by atoms with Gasteiger partial charge in [-0.3, -0.25) is 0 Å². The van der Waals surface area contributed by atoms with Crippen LogP contribution < -0.4 is 4.74 Å². The van der Waals surface area contributed by atoms with E-state index in [1.807, 2.05) is 6.92 Å². The molecule has 0 bridgehead atoms. The molecule has 0 aliphatic rings. The minimum absolute atomic E-state index is 0.0823. The van der Waals surface area contributed by atoms with Crippen molar-refractivity contribution in [2.75, 3.05) is 6.61 Å². The maximum absolute atomic E-state index is 8.66. The number of rotatable bonds is 4. The highest BCUT2D eigenvalue weighted by Crippen LogP contribution is 2.04. The van der Waals surface area contributed by atoms with Gasteiger partial charge in [-0.25, -0.2) is 0 Å². The van der Waals surface area contributed by atoms with Gasteiger partial charge in [-0.05, 0) is 12.5 Å². The van der Waals surface area contributed by atoms with Gasteiger partial charge in [0.25, 0.3) is 0 Å². The summed E-state index contributed by atoms with van der Waals surface area (Å²) in [5.74, 6) is 0.508. The summed E-state index contributed by atoms with van der Waals surface area (Å²) in [5, 5.41) is 16.1. The molecule has 0 saturated heterocycles. The zero-order chi connectivity index (χ0) is 8.81. The van der Waals surface area contributed by atoms with E-state index in [1.165, 1.54) is 0 Å². The van der Waals surface area contributed by atoms with E-state index in [1.54, 1.807) is 12.1 Å². The van der Waals surface area contributed by atoms with Crippen molar-refractivity contribution in [1.82, 2.24) is 10.2 Å². The van der Waals surface area contributed by atoms with Crippen molar-refractivity contribution in [3.8, 4) is 5.88 Å². The largest absolute Gasteiger partial charge is 0.477 e. The molecule has 4 nitrogen and oxygen atoms in total. The standard InChI is InChI=1S/C8H12N2O2/c1-2-5-12-8-4-3-7(6-11)9-10-8/h3-4,11H,2,5-6H2,1H3. The molecule has 0 amide bonds. The van der Waals surface area contributed by atoms with Crippen molar-refractivity contribution < 1.29 is 9.84 Å². The predicted molar refractivity (Wildman–Crippen MR) is 43.7 cm³/mol. The topological polar surface area (TPSA) is 55.2 Å². The van der Waals surface area contributed by atoms with Crippen LogP contribution in [0.15, 0.2) is 12.1 Å². The summed E-state index contributed by atoms with van der Waals surface area (Å²) in [6.07, 6.45) is 0.948. The number of hydrogen-bond donors (Lipinski definition) is 1. The Morgan fingerprint density at radius 3 is 2.75 bits per heavy atom. The maximum Gasteiger partial charge on any atom is 0.233 e. The minimum atomic E-state index is -0.0823. The van der Waals surface area contributed by atoms with Crippen LogP contribution in [0, 0.1) is 0 Å². The Kier molecular flexibility index (Phi) is 3.47. The van der Waals surface area contributed by atoms with Crippen molar-refractivity contribution in [3.63, 3.8) is 0 Å². The maximum atomic E-state index is 8.66. The monoisotopic (exact) mass is 168 g/mol. The first-order valence-electron chi connectivity index (χ1n) is 3.93. The van der Waals surface area contributed by atoms with Gasteiger partial charge in [-0.1, -0.05) is 6.92 Å². The molecule has 66 valence electrons. The van der Waals surface area contributed by atoms with Gasteiger partial charge in [0.15, 0.2) is 0 Å². The Bertz CT molecular complexity index is 223. The fourth-order valence-corrected chi connectivity index (χ4v) is 0.716. The third-order valence-electron chi connectivity index (χ3n) is 1.31. The van der Waals surface area contributed by atoms with Gasteiger partial charge in [0.2, 0.25) is 5.88 Å². The number of nitrogens with zero attached hydrogens (tertiary/aromatic N) is 2. The van der Waals surface area contributed by atoms with Crippen LogP contribution in [0.3, 0.4) is 0 Å². The van der Waals surface area contributed by atoms with Crippen molar-refractivity contribution in [2.24, 2.45) is 0 Å². The third kappa shape index (κ3) is 2.47. The lowest BCUT2D eigenvalue weighted by Crippen LogP contribution is -1.99. The normalized spacial score (nSPS) is 9.83. The van der Waals surface area contributed by atoms with Crippen LogP contribution in [-0.4, -0.2) is 21.9 Å².